The Morgan fingerprint density at radius 3 is 2.38 bits per heavy atom. The second-order valence-electron chi connectivity index (χ2n) is 4.10. The molecule has 0 amide bonds. The lowest BCUT2D eigenvalue weighted by molar-refractivity contribution is -0.137. The predicted molar refractivity (Wildman–Crippen MR) is 68.2 cm³/mol. The van der Waals surface area contributed by atoms with E-state index in [4.69, 9.17) is 9.84 Å². The average Bonchev–Trinajstić information content (AvgIpc) is 2.45. The second kappa shape index (κ2) is 5.43. The number of carboxylic acids is 1. The minimum Gasteiger partial charge on any atom is -0.481 e. The molecule has 0 aliphatic rings. The number of carbonyl (C=O) groups is 1. The van der Waals surface area contributed by atoms with E-state index in [-0.39, 0.29) is 22.7 Å². The van der Waals surface area contributed by atoms with Crippen molar-refractivity contribution in [3.05, 3.63) is 47.7 Å². The van der Waals surface area contributed by atoms with Gasteiger partial charge < -0.3 is 9.84 Å². The number of aromatic nitrogens is 1. The Morgan fingerprint density at radius 2 is 1.81 bits per heavy atom. The lowest BCUT2D eigenvalue weighted by atomic mass is 10.00. The van der Waals surface area contributed by atoms with Crippen LogP contribution in [0.25, 0.3) is 11.1 Å². The molecule has 0 bridgehead atoms. The predicted octanol–water partition coefficient (Wildman–Crippen LogP) is 3.47. The second-order valence-corrected chi connectivity index (χ2v) is 4.10. The van der Waals surface area contributed by atoms with Crippen molar-refractivity contribution in [2.24, 2.45) is 0 Å². The summed E-state index contributed by atoms with van der Waals surface area (Å²) in [6.07, 6.45) is -4.53. The highest BCUT2D eigenvalue weighted by atomic mass is 19.4. The highest BCUT2D eigenvalue weighted by Crippen LogP contribution is 2.39. The van der Waals surface area contributed by atoms with Gasteiger partial charge in [-0.15, -0.1) is 0 Å². The van der Waals surface area contributed by atoms with E-state index in [1.165, 1.54) is 31.4 Å². The molecule has 21 heavy (non-hydrogen) atoms. The van der Waals surface area contributed by atoms with Gasteiger partial charge in [0.15, 0.2) is 5.69 Å². The summed E-state index contributed by atoms with van der Waals surface area (Å²) in [5, 5.41) is 8.85. The standard InChI is InChI=1S/C14H10F3NO3/c1-21-12-9(6-7-11(18-12)13(19)20)8-4-2-3-5-10(8)14(15,16)17/h2-7H,1H3,(H,19,20). The maximum atomic E-state index is 13.0. The van der Waals surface area contributed by atoms with Crippen molar-refractivity contribution in [2.75, 3.05) is 7.11 Å². The van der Waals surface area contributed by atoms with Crippen LogP contribution in [0.2, 0.25) is 0 Å². The highest BCUT2D eigenvalue weighted by Gasteiger charge is 2.34. The van der Waals surface area contributed by atoms with Crippen molar-refractivity contribution in [2.45, 2.75) is 6.18 Å². The van der Waals surface area contributed by atoms with Crippen LogP contribution in [0.1, 0.15) is 16.1 Å². The van der Waals surface area contributed by atoms with Gasteiger partial charge in [0, 0.05) is 5.56 Å². The van der Waals surface area contributed by atoms with Crippen LogP contribution in [-0.4, -0.2) is 23.2 Å². The lowest BCUT2D eigenvalue weighted by Gasteiger charge is -2.14. The number of methoxy groups -OCH3 is 1. The van der Waals surface area contributed by atoms with Gasteiger partial charge in [0.1, 0.15) is 0 Å². The molecule has 0 aliphatic heterocycles. The van der Waals surface area contributed by atoms with E-state index in [9.17, 15) is 18.0 Å². The van der Waals surface area contributed by atoms with Gasteiger partial charge in [-0.1, -0.05) is 18.2 Å². The minimum atomic E-state index is -4.53. The Bertz CT molecular complexity index is 683. The fourth-order valence-corrected chi connectivity index (χ4v) is 1.89. The van der Waals surface area contributed by atoms with Crippen LogP contribution in [0, 0.1) is 0 Å². The third-order valence-corrected chi connectivity index (χ3v) is 2.80. The van der Waals surface area contributed by atoms with Crippen LogP contribution >= 0.6 is 0 Å². The van der Waals surface area contributed by atoms with E-state index < -0.39 is 17.7 Å². The van der Waals surface area contributed by atoms with Crippen LogP contribution in [-0.2, 0) is 6.18 Å². The molecule has 7 heteroatoms. The molecule has 0 unspecified atom stereocenters. The lowest BCUT2D eigenvalue weighted by Crippen LogP contribution is -2.08. The molecule has 0 saturated heterocycles. The third-order valence-electron chi connectivity index (χ3n) is 2.80. The fourth-order valence-electron chi connectivity index (χ4n) is 1.89. The summed E-state index contributed by atoms with van der Waals surface area (Å²) in [5.74, 6) is -1.46. The molecule has 1 N–H and O–H groups in total. The van der Waals surface area contributed by atoms with Crippen molar-refractivity contribution in [3.63, 3.8) is 0 Å². The Labute approximate surface area is 117 Å². The van der Waals surface area contributed by atoms with E-state index in [0.29, 0.717) is 0 Å². The molecule has 0 atom stereocenters. The largest absolute Gasteiger partial charge is 0.481 e. The van der Waals surface area contributed by atoms with Gasteiger partial charge in [-0.05, 0) is 23.8 Å². The number of nitrogens with zero attached hydrogens (tertiary/aromatic N) is 1. The number of aromatic carboxylic acids is 1. The Morgan fingerprint density at radius 1 is 1.14 bits per heavy atom. The van der Waals surface area contributed by atoms with Crippen LogP contribution in [0.4, 0.5) is 13.2 Å². The highest BCUT2D eigenvalue weighted by molar-refractivity contribution is 5.86. The molecule has 1 aromatic carbocycles. The Kier molecular flexibility index (Phi) is 3.84. The molecule has 110 valence electrons. The van der Waals surface area contributed by atoms with Gasteiger partial charge in [-0.3, -0.25) is 0 Å². The van der Waals surface area contributed by atoms with Crippen LogP contribution in [0.5, 0.6) is 5.88 Å². The van der Waals surface area contributed by atoms with Gasteiger partial charge in [-0.25, -0.2) is 9.78 Å². The van der Waals surface area contributed by atoms with Crippen molar-refractivity contribution in [3.8, 4) is 17.0 Å². The molecule has 1 aromatic heterocycles. The van der Waals surface area contributed by atoms with Crippen molar-refractivity contribution < 1.29 is 27.8 Å². The van der Waals surface area contributed by atoms with Gasteiger partial charge in [0.05, 0.1) is 12.7 Å². The third kappa shape index (κ3) is 2.96. The molecule has 0 radical (unpaired) electrons. The zero-order chi connectivity index (χ0) is 15.6. The SMILES string of the molecule is COc1nc(C(=O)O)ccc1-c1ccccc1C(F)(F)F. The van der Waals surface area contributed by atoms with E-state index in [2.05, 4.69) is 4.98 Å². The minimum absolute atomic E-state index is 0.0791. The molecular weight excluding hydrogens is 287 g/mol. The number of alkyl halides is 3. The molecule has 0 fully saturated rings. The van der Waals surface area contributed by atoms with Crippen molar-refractivity contribution >= 4 is 5.97 Å². The molecule has 0 spiro atoms. The molecule has 2 aromatic rings. The zero-order valence-corrected chi connectivity index (χ0v) is 10.8. The molecule has 2 rings (SSSR count). The number of benzene rings is 1. The molecule has 0 aliphatic carbocycles. The van der Waals surface area contributed by atoms with E-state index in [0.717, 1.165) is 12.1 Å². The summed E-state index contributed by atoms with van der Waals surface area (Å²) in [4.78, 5) is 14.5. The van der Waals surface area contributed by atoms with Gasteiger partial charge in [-0.2, -0.15) is 13.2 Å². The monoisotopic (exact) mass is 297 g/mol. The number of pyridine rings is 1. The Hall–Kier alpha value is -2.57. The van der Waals surface area contributed by atoms with E-state index in [1.807, 2.05) is 0 Å². The summed E-state index contributed by atoms with van der Waals surface area (Å²) >= 11 is 0. The smallest absolute Gasteiger partial charge is 0.417 e. The van der Waals surface area contributed by atoms with Gasteiger partial charge in [0.2, 0.25) is 5.88 Å². The summed E-state index contributed by atoms with van der Waals surface area (Å²) in [6, 6.07) is 7.34. The summed E-state index contributed by atoms with van der Waals surface area (Å²) in [5.41, 5.74) is -1.19. The average molecular weight is 297 g/mol. The molecule has 4 nitrogen and oxygen atoms in total. The fraction of sp³-hybridized carbons (Fsp3) is 0.143. The maximum Gasteiger partial charge on any atom is 0.417 e. The van der Waals surface area contributed by atoms with Crippen LogP contribution < -0.4 is 4.74 Å². The first-order valence-corrected chi connectivity index (χ1v) is 5.79. The number of ether oxygens (including phenoxy) is 1. The number of carboxylic acid groups (broad SMARTS) is 1. The molecule has 1 heterocycles. The van der Waals surface area contributed by atoms with E-state index in [1.54, 1.807) is 0 Å². The van der Waals surface area contributed by atoms with Crippen molar-refractivity contribution in [1.29, 1.82) is 0 Å². The van der Waals surface area contributed by atoms with Gasteiger partial charge >= 0.3 is 12.1 Å². The summed E-state index contributed by atoms with van der Waals surface area (Å²) < 4.78 is 44.0. The number of rotatable bonds is 3. The summed E-state index contributed by atoms with van der Waals surface area (Å²) in [6.45, 7) is 0. The number of hydrogen-bond donors (Lipinski definition) is 1. The van der Waals surface area contributed by atoms with Gasteiger partial charge in [0.25, 0.3) is 0 Å². The first-order chi connectivity index (χ1) is 9.84. The number of hydrogen-bond acceptors (Lipinski definition) is 3. The van der Waals surface area contributed by atoms with Crippen molar-refractivity contribution in [1.82, 2.24) is 4.98 Å². The number of halogens is 3. The van der Waals surface area contributed by atoms with E-state index >= 15 is 0 Å². The quantitative estimate of drug-likeness (QED) is 0.942. The van der Waals surface area contributed by atoms with Crippen LogP contribution in [0.15, 0.2) is 36.4 Å². The first kappa shape index (κ1) is 14.8. The van der Waals surface area contributed by atoms with Crippen LogP contribution in [0.3, 0.4) is 0 Å². The topological polar surface area (TPSA) is 59.4 Å². The summed E-state index contributed by atoms with van der Waals surface area (Å²) in [7, 11) is 1.22. The maximum absolute atomic E-state index is 13.0. The normalized spacial score (nSPS) is 11.2. The molecular formula is C14H10F3NO3. The Balaban J connectivity index is 2.65. The first-order valence-electron chi connectivity index (χ1n) is 5.79. The molecule has 0 saturated carbocycles. The zero-order valence-electron chi connectivity index (χ0n) is 10.8.